The molecule has 2 unspecified atom stereocenters. The number of nitrogens with two attached hydrogens (primary N) is 1. The molecular weight excluding hydrogens is 523 g/mol. The number of hydrogen-bond donors (Lipinski definition) is 3. The Kier molecular flexibility index (Phi) is 7.02. The van der Waals surface area contributed by atoms with Crippen molar-refractivity contribution in [1.82, 2.24) is 19.9 Å². The molecule has 2 aromatic carbocycles. The lowest BCUT2D eigenvalue weighted by atomic mass is 9.94. The van der Waals surface area contributed by atoms with Gasteiger partial charge in [-0.2, -0.15) is 31.4 Å². The van der Waals surface area contributed by atoms with E-state index >= 15 is 0 Å². The monoisotopic (exact) mass is 541 g/mol. The summed E-state index contributed by atoms with van der Waals surface area (Å²) >= 11 is 0. The van der Waals surface area contributed by atoms with E-state index in [-0.39, 0.29) is 16.8 Å². The highest BCUT2D eigenvalue weighted by Gasteiger charge is 2.42. The Morgan fingerprint density at radius 1 is 1.05 bits per heavy atom. The van der Waals surface area contributed by atoms with E-state index < -0.39 is 65.1 Å². The molecule has 38 heavy (non-hydrogen) atoms. The summed E-state index contributed by atoms with van der Waals surface area (Å²) in [5.41, 5.74) is 2.71. The highest BCUT2D eigenvalue weighted by Crippen LogP contribution is 2.39. The molecule has 0 aliphatic heterocycles. The van der Waals surface area contributed by atoms with Crippen molar-refractivity contribution >= 4 is 17.2 Å². The minimum absolute atomic E-state index is 0.0907. The van der Waals surface area contributed by atoms with Gasteiger partial charge in [0.25, 0.3) is 5.91 Å². The van der Waals surface area contributed by atoms with Crippen molar-refractivity contribution in [3.05, 3.63) is 83.4 Å². The zero-order valence-electron chi connectivity index (χ0n) is 19.1. The summed E-state index contributed by atoms with van der Waals surface area (Å²) in [6.45, 7) is 0. The van der Waals surface area contributed by atoms with Gasteiger partial charge in [-0.15, -0.1) is 0 Å². The Labute approximate surface area is 209 Å². The van der Waals surface area contributed by atoms with Crippen LogP contribution in [0, 0.1) is 5.82 Å². The van der Waals surface area contributed by atoms with Gasteiger partial charge in [-0.3, -0.25) is 4.79 Å². The van der Waals surface area contributed by atoms with E-state index in [0.29, 0.717) is 6.07 Å². The average molecular weight is 541 g/mol. The van der Waals surface area contributed by atoms with Crippen molar-refractivity contribution in [3.63, 3.8) is 0 Å². The molecular formula is C24H18F7N5O2. The Morgan fingerprint density at radius 3 is 2.37 bits per heavy atom. The summed E-state index contributed by atoms with van der Waals surface area (Å²) in [5, 5.41) is 15.9. The SMILES string of the molecule is Nc1ncnn2c(-c3ccc(F)c(C(=O)NC(O)CC(c4ccccc4)C(F)(F)F)c3)cc(C(F)(F)F)c12. The van der Waals surface area contributed by atoms with Crippen LogP contribution in [0.1, 0.15) is 33.8 Å². The Bertz CT molecular complexity index is 1470. The smallest absolute Gasteiger partial charge is 0.382 e. The molecule has 4 N–H and O–H groups in total. The van der Waals surface area contributed by atoms with Crippen LogP contribution in [-0.4, -0.2) is 38.0 Å². The van der Waals surface area contributed by atoms with E-state index in [2.05, 4.69) is 10.1 Å². The number of hydrogen-bond acceptors (Lipinski definition) is 5. The number of aromatic nitrogens is 3. The van der Waals surface area contributed by atoms with Crippen molar-refractivity contribution < 1.29 is 40.6 Å². The molecule has 0 fully saturated rings. The summed E-state index contributed by atoms with van der Waals surface area (Å²) in [7, 11) is 0. The first kappa shape index (κ1) is 26.9. The number of carbonyl (C=O) groups is 1. The molecule has 1 amide bonds. The number of carbonyl (C=O) groups excluding carboxylic acids is 1. The number of nitrogens with zero attached hydrogens (tertiary/aromatic N) is 3. The zero-order valence-corrected chi connectivity index (χ0v) is 19.1. The first-order chi connectivity index (χ1) is 17.8. The minimum Gasteiger partial charge on any atom is -0.382 e. The number of fused-ring (bicyclic) bond motifs is 1. The molecule has 2 atom stereocenters. The van der Waals surface area contributed by atoms with E-state index in [0.717, 1.165) is 29.0 Å². The first-order valence-corrected chi connectivity index (χ1v) is 10.9. The number of nitrogen functional groups attached to an aromatic ring is 1. The molecule has 0 spiro atoms. The van der Waals surface area contributed by atoms with Crippen molar-refractivity contribution in [2.75, 3.05) is 5.73 Å². The van der Waals surface area contributed by atoms with Gasteiger partial charge in [0, 0.05) is 12.0 Å². The van der Waals surface area contributed by atoms with Crippen molar-refractivity contribution in [3.8, 4) is 11.3 Å². The Hall–Kier alpha value is -4.20. The van der Waals surface area contributed by atoms with Crippen LogP contribution in [0.15, 0.2) is 60.9 Å². The van der Waals surface area contributed by atoms with Crippen LogP contribution >= 0.6 is 0 Å². The number of benzene rings is 2. The summed E-state index contributed by atoms with van der Waals surface area (Å²) in [4.78, 5) is 16.2. The van der Waals surface area contributed by atoms with Crippen molar-refractivity contribution in [2.45, 2.75) is 30.9 Å². The predicted molar refractivity (Wildman–Crippen MR) is 121 cm³/mol. The fraction of sp³-hybridized carbons (Fsp3) is 0.208. The van der Waals surface area contributed by atoms with E-state index in [1.54, 1.807) is 0 Å². The lowest BCUT2D eigenvalue weighted by Crippen LogP contribution is -2.38. The molecule has 4 aromatic rings. The molecule has 7 nitrogen and oxygen atoms in total. The normalized spacial score (nSPS) is 13.9. The number of aliphatic hydroxyl groups excluding tert-OH is 1. The van der Waals surface area contributed by atoms with Crippen LogP contribution in [0.25, 0.3) is 16.8 Å². The van der Waals surface area contributed by atoms with Gasteiger partial charge < -0.3 is 16.2 Å². The number of halogens is 7. The standard InChI is InChI=1S/C24H18F7N5O2/c25-17-7-6-13(18-9-16(24(29,30)31)20-21(32)33-11-34-36(18)20)8-14(17)22(38)35-19(37)10-15(23(26,27)28)12-4-2-1-3-5-12/h1-9,11,15,19,37H,10H2,(H,35,38)(H2,32,33,34). The fourth-order valence-electron chi connectivity index (χ4n) is 4.00. The van der Waals surface area contributed by atoms with Gasteiger partial charge >= 0.3 is 12.4 Å². The van der Waals surface area contributed by atoms with Gasteiger partial charge in [0.15, 0.2) is 5.82 Å². The maximum atomic E-state index is 14.5. The minimum atomic E-state index is -4.85. The highest BCUT2D eigenvalue weighted by molar-refractivity contribution is 5.96. The zero-order chi connectivity index (χ0) is 27.8. The van der Waals surface area contributed by atoms with Crippen LogP contribution in [0.4, 0.5) is 36.6 Å². The van der Waals surface area contributed by atoms with E-state index in [9.17, 15) is 40.6 Å². The molecule has 0 saturated carbocycles. The third kappa shape index (κ3) is 5.39. The Balaban J connectivity index is 1.64. The number of amides is 1. The van der Waals surface area contributed by atoms with Gasteiger partial charge in [-0.25, -0.2) is 13.9 Å². The maximum Gasteiger partial charge on any atom is 0.418 e. The van der Waals surface area contributed by atoms with Crippen LogP contribution in [0.5, 0.6) is 0 Å². The highest BCUT2D eigenvalue weighted by atomic mass is 19.4. The summed E-state index contributed by atoms with van der Waals surface area (Å²) < 4.78 is 96.9. The molecule has 14 heteroatoms. The third-order valence-corrected chi connectivity index (χ3v) is 5.75. The summed E-state index contributed by atoms with van der Waals surface area (Å²) in [6.07, 6.45) is -11.7. The lowest BCUT2D eigenvalue weighted by Gasteiger charge is -2.24. The van der Waals surface area contributed by atoms with Gasteiger partial charge in [0.05, 0.1) is 22.7 Å². The molecule has 0 aliphatic carbocycles. The van der Waals surface area contributed by atoms with Crippen molar-refractivity contribution in [2.24, 2.45) is 0 Å². The molecule has 2 heterocycles. The van der Waals surface area contributed by atoms with E-state index in [4.69, 9.17) is 5.73 Å². The molecule has 0 radical (unpaired) electrons. The van der Waals surface area contributed by atoms with Crippen LogP contribution < -0.4 is 11.1 Å². The topological polar surface area (TPSA) is 106 Å². The number of nitrogens with one attached hydrogen (secondary N) is 1. The molecule has 0 aliphatic rings. The predicted octanol–water partition coefficient (Wildman–Crippen LogP) is 4.92. The van der Waals surface area contributed by atoms with Gasteiger partial charge in [0.1, 0.15) is 23.9 Å². The van der Waals surface area contributed by atoms with Crippen molar-refractivity contribution in [1.29, 1.82) is 0 Å². The second kappa shape index (κ2) is 9.93. The van der Waals surface area contributed by atoms with Gasteiger partial charge in [-0.05, 0) is 29.8 Å². The maximum absolute atomic E-state index is 14.5. The van der Waals surface area contributed by atoms with E-state index in [1.807, 2.05) is 5.32 Å². The summed E-state index contributed by atoms with van der Waals surface area (Å²) in [5.74, 6) is -5.01. The second-order valence-corrected chi connectivity index (χ2v) is 8.27. The molecule has 2 aromatic heterocycles. The lowest BCUT2D eigenvalue weighted by molar-refractivity contribution is -0.157. The van der Waals surface area contributed by atoms with Gasteiger partial charge in [0.2, 0.25) is 0 Å². The largest absolute Gasteiger partial charge is 0.418 e. The quantitative estimate of drug-likeness (QED) is 0.238. The summed E-state index contributed by atoms with van der Waals surface area (Å²) in [6, 6.07) is 10.1. The van der Waals surface area contributed by atoms with Crippen LogP contribution in [0.3, 0.4) is 0 Å². The molecule has 200 valence electrons. The molecule has 4 rings (SSSR count). The number of aliphatic hydroxyl groups is 1. The third-order valence-electron chi connectivity index (χ3n) is 5.75. The molecule has 0 saturated heterocycles. The molecule has 0 bridgehead atoms. The Morgan fingerprint density at radius 2 is 1.74 bits per heavy atom. The number of anilines is 1. The fourth-order valence-corrected chi connectivity index (χ4v) is 4.00. The second-order valence-electron chi connectivity index (χ2n) is 8.27. The van der Waals surface area contributed by atoms with Crippen LogP contribution in [-0.2, 0) is 6.18 Å². The van der Waals surface area contributed by atoms with Gasteiger partial charge in [-0.1, -0.05) is 30.3 Å². The first-order valence-electron chi connectivity index (χ1n) is 10.9. The van der Waals surface area contributed by atoms with E-state index in [1.165, 1.54) is 30.3 Å². The number of rotatable bonds is 6. The average Bonchev–Trinajstić information content (AvgIpc) is 3.24. The number of alkyl halides is 6. The van der Waals surface area contributed by atoms with Crippen LogP contribution in [0.2, 0.25) is 0 Å².